The fraction of sp³-hybridized carbons (Fsp3) is 1.00. The summed E-state index contributed by atoms with van der Waals surface area (Å²) in [7, 11) is 1.80. The van der Waals surface area contributed by atoms with Gasteiger partial charge in [0.1, 0.15) is 0 Å². The van der Waals surface area contributed by atoms with E-state index in [-0.39, 0.29) is 17.8 Å². The lowest BCUT2D eigenvalue weighted by atomic mass is 10.1. The minimum absolute atomic E-state index is 0.00568. The molecule has 1 saturated heterocycles. The van der Waals surface area contributed by atoms with Gasteiger partial charge < -0.3 is 9.47 Å². The molecular formula is C10H19ClO4S. The minimum Gasteiger partial charge on any atom is -0.381 e. The van der Waals surface area contributed by atoms with Crippen LogP contribution in [-0.4, -0.2) is 40.1 Å². The maximum Gasteiger partial charge on any atom is 0.232 e. The first-order chi connectivity index (χ1) is 7.51. The zero-order valence-electron chi connectivity index (χ0n) is 9.52. The average Bonchev–Trinajstić information content (AvgIpc) is 2.24. The van der Waals surface area contributed by atoms with E-state index < -0.39 is 9.05 Å². The van der Waals surface area contributed by atoms with Gasteiger partial charge in [0.2, 0.25) is 9.05 Å². The lowest BCUT2D eigenvalue weighted by Crippen LogP contribution is -2.27. The van der Waals surface area contributed by atoms with E-state index >= 15 is 0 Å². The Morgan fingerprint density at radius 1 is 1.44 bits per heavy atom. The first-order valence-corrected chi connectivity index (χ1v) is 8.10. The van der Waals surface area contributed by atoms with Crippen LogP contribution in [0.1, 0.15) is 26.2 Å². The van der Waals surface area contributed by atoms with Crippen LogP contribution in [0.4, 0.5) is 0 Å². The molecule has 0 aromatic rings. The highest BCUT2D eigenvalue weighted by Gasteiger charge is 2.19. The van der Waals surface area contributed by atoms with Crippen LogP contribution in [0.3, 0.4) is 0 Å². The molecule has 0 spiro atoms. The van der Waals surface area contributed by atoms with E-state index in [1.54, 1.807) is 0 Å². The number of rotatable bonds is 6. The van der Waals surface area contributed by atoms with Crippen molar-refractivity contribution in [3.05, 3.63) is 0 Å². The highest BCUT2D eigenvalue weighted by molar-refractivity contribution is 8.13. The van der Waals surface area contributed by atoms with Crippen LogP contribution >= 0.6 is 10.7 Å². The molecule has 1 atom stereocenters. The van der Waals surface area contributed by atoms with Gasteiger partial charge in [0.25, 0.3) is 0 Å². The van der Waals surface area contributed by atoms with Crippen LogP contribution in [0.5, 0.6) is 0 Å². The molecule has 0 N–H and O–H groups in total. The summed E-state index contributed by atoms with van der Waals surface area (Å²) in [5.74, 6) is -0.0146. The van der Waals surface area contributed by atoms with Gasteiger partial charge in [-0.1, -0.05) is 13.3 Å². The topological polar surface area (TPSA) is 52.6 Å². The van der Waals surface area contributed by atoms with Crippen LogP contribution in [0.25, 0.3) is 0 Å². The van der Waals surface area contributed by atoms with E-state index in [9.17, 15) is 8.42 Å². The van der Waals surface area contributed by atoms with Gasteiger partial charge in [-0.05, 0) is 18.8 Å². The molecule has 0 amide bonds. The van der Waals surface area contributed by atoms with Crippen molar-refractivity contribution in [2.24, 2.45) is 5.92 Å². The van der Waals surface area contributed by atoms with Crippen LogP contribution < -0.4 is 0 Å². The van der Waals surface area contributed by atoms with Crippen molar-refractivity contribution in [1.82, 2.24) is 0 Å². The second-order valence-electron chi connectivity index (χ2n) is 4.12. The molecule has 4 nitrogen and oxygen atoms in total. The smallest absolute Gasteiger partial charge is 0.232 e. The monoisotopic (exact) mass is 270 g/mol. The van der Waals surface area contributed by atoms with Gasteiger partial charge in [-0.2, -0.15) is 0 Å². The summed E-state index contributed by atoms with van der Waals surface area (Å²) in [6, 6.07) is 0. The predicted molar refractivity (Wildman–Crippen MR) is 63.2 cm³/mol. The molecule has 1 rings (SSSR count). The summed E-state index contributed by atoms with van der Waals surface area (Å²) in [4.78, 5) is 0. The summed E-state index contributed by atoms with van der Waals surface area (Å²) < 4.78 is 32.8. The molecule has 0 aromatic heterocycles. The lowest BCUT2D eigenvalue weighted by molar-refractivity contribution is -0.0410. The van der Waals surface area contributed by atoms with Crippen LogP contribution in [0.15, 0.2) is 0 Å². The summed E-state index contributed by atoms with van der Waals surface area (Å²) in [5, 5.41) is 0. The minimum atomic E-state index is -3.42. The normalized spacial score (nSPS) is 20.9. The molecule has 1 aliphatic rings. The van der Waals surface area contributed by atoms with Crippen molar-refractivity contribution >= 4 is 19.7 Å². The van der Waals surface area contributed by atoms with Crippen molar-refractivity contribution in [2.45, 2.75) is 32.3 Å². The molecule has 0 bridgehead atoms. The molecular weight excluding hydrogens is 252 g/mol. The van der Waals surface area contributed by atoms with E-state index in [2.05, 4.69) is 0 Å². The summed E-state index contributed by atoms with van der Waals surface area (Å²) in [6.45, 7) is 3.87. The Balaban J connectivity index is 2.27. The number of hydrogen-bond donors (Lipinski definition) is 0. The molecule has 0 aliphatic carbocycles. The van der Waals surface area contributed by atoms with E-state index in [0.29, 0.717) is 6.61 Å². The Morgan fingerprint density at radius 2 is 2.06 bits per heavy atom. The second-order valence-corrected chi connectivity index (χ2v) is 6.95. The third-order valence-electron chi connectivity index (χ3n) is 2.75. The van der Waals surface area contributed by atoms with Crippen LogP contribution in [0.2, 0.25) is 0 Å². The quantitative estimate of drug-likeness (QED) is 0.691. The maximum atomic E-state index is 10.9. The fourth-order valence-electron chi connectivity index (χ4n) is 1.68. The highest BCUT2D eigenvalue weighted by Crippen LogP contribution is 2.15. The fourth-order valence-corrected chi connectivity index (χ4v) is 3.11. The zero-order chi connectivity index (χ0) is 12.0. The highest BCUT2D eigenvalue weighted by atomic mass is 35.7. The van der Waals surface area contributed by atoms with Gasteiger partial charge in [-0.25, -0.2) is 8.42 Å². The van der Waals surface area contributed by atoms with Crippen molar-refractivity contribution in [3.8, 4) is 0 Å². The Kier molecular flexibility index (Phi) is 6.03. The third kappa shape index (κ3) is 6.03. The van der Waals surface area contributed by atoms with E-state index in [1.165, 1.54) is 0 Å². The molecule has 1 heterocycles. The van der Waals surface area contributed by atoms with Gasteiger partial charge in [-0.3, -0.25) is 0 Å². The molecule has 6 heteroatoms. The summed E-state index contributed by atoms with van der Waals surface area (Å²) >= 11 is 0. The van der Waals surface area contributed by atoms with Gasteiger partial charge in [0.15, 0.2) is 0 Å². The van der Waals surface area contributed by atoms with Crippen LogP contribution in [-0.2, 0) is 18.5 Å². The van der Waals surface area contributed by atoms with Gasteiger partial charge in [0.05, 0.1) is 18.5 Å². The second kappa shape index (κ2) is 6.79. The molecule has 1 aliphatic heterocycles. The lowest BCUT2D eigenvalue weighted by Gasteiger charge is -2.24. The van der Waals surface area contributed by atoms with Crippen LogP contribution in [0, 0.1) is 5.92 Å². The first kappa shape index (κ1) is 14.2. The molecule has 1 unspecified atom stereocenters. The molecule has 0 aromatic carbocycles. The molecule has 0 radical (unpaired) electrons. The maximum absolute atomic E-state index is 10.9. The molecule has 96 valence electrons. The van der Waals surface area contributed by atoms with E-state index in [4.69, 9.17) is 20.2 Å². The van der Waals surface area contributed by atoms with Crippen molar-refractivity contribution in [2.75, 3.05) is 25.6 Å². The van der Waals surface area contributed by atoms with Crippen molar-refractivity contribution in [3.63, 3.8) is 0 Å². The summed E-state index contributed by atoms with van der Waals surface area (Å²) in [6.07, 6.45) is 2.75. The Morgan fingerprint density at radius 3 is 2.56 bits per heavy atom. The molecule has 1 fully saturated rings. The largest absolute Gasteiger partial charge is 0.381 e. The average molecular weight is 271 g/mol. The Hall–Kier alpha value is 0.160. The van der Waals surface area contributed by atoms with Gasteiger partial charge in [0, 0.05) is 23.9 Å². The standard InChI is InChI=1S/C10H19ClO4S/c1-2-9(8-16(11,12)13)7-15-10-3-5-14-6-4-10/h9-10H,2-8H2,1H3. The molecule has 16 heavy (non-hydrogen) atoms. The van der Waals surface area contributed by atoms with Crippen molar-refractivity contribution < 1.29 is 17.9 Å². The van der Waals surface area contributed by atoms with E-state index in [1.807, 2.05) is 6.92 Å². The summed E-state index contributed by atoms with van der Waals surface area (Å²) in [5.41, 5.74) is 0. The molecule has 0 saturated carbocycles. The Labute approximate surface area is 102 Å². The zero-order valence-corrected chi connectivity index (χ0v) is 11.1. The van der Waals surface area contributed by atoms with E-state index in [0.717, 1.165) is 32.5 Å². The van der Waals surface area contributed by atoms with Crippen molar-refractivity contribution in [1.29, 1.82) is 0 Å². The third-order valence-corrected chi connectivity index (χ3v) is 4.00. The Bertz CT molecular complexity index is 285. The predicted octanol–water partition coefficient (Wildman–Crippen LogP) is 1.78. The van der Waals surface area contributed by atoms with Gasteiger partial charge in [-0.15, -0.1) is 0 Å². The number of halogens is 1. The number of hydrogen-bond acceptors (Lipinski definition) is 4. The van der Waals surface area contributed by atoms with Gasteiger partial charge >= 0.3 is 0 Å². The number of ether oxygens (including phenoxy) is 2. The first-order valence-electron chi connectivity index (χ1n) is 5.63. The SMILES string of the molecule is CCC(COC1CCOCC1)CS(=O)(=O)Cl.